The number of nitrogens with one attached hydrogen (secondary N) is 2. The Morgan fingerprint density at radius 2 is 2.06 bits per heavy atom. The summed E-state index contributed by atoms with van der Waals surface area (Å²) in [6, 6.07) is 8.24. The van der Waals surface area contributed by atoms with E-state index in [-0.39, 0.29) is 0 Å². The van der Waals surface area contributed by atoms with Crippen molar-refractivity contribution >= 4 is 34.6 Å². The van der Waals surface area contributed by atoms with E-state index in [0.29, 0.717) is 16.2 Å². The van der Waals surface area contributed by atoms with Crippen LogP contribution in [0.15, 0.2) is 24.3 Å². The van der Waals surface area contributed by atoms with Gasteiger partial charge in [-0.05, 0) is 55.4 Å². The summed E-state index contributed by atoms with van der Waals surface area (Å²) >= 11 is 11.5. The molecule has 2 nitrogen and oxygen atoms in total. The van der Waals surface area contributed by atoms with Gasteiger partial charge in [0.1, 0.15) is 0 Å². The molecule has 0 aliphatic heterocycles. The predicted molar refractivity (Wildman–Crippen MR) is 80.0 cm³/mol. The minimum absolute atomic E-state index is 0.561. The van der Waals surface area contributed by atoms with Crippen molar-refractivity contribution in [2.75, 3.05) is 5.32 Å². The molecule has 2 saturated carbocycles. The van der Waals surface area contributed by atoms with E-state index in [9.17, 15) is 0 Å². The van der Waals surface area contributed by atoms with Crippen LogP contribution >= 0.6 is 23.8 Å². The molecule has 1 aromatic carbocycles. The Hall–Kier alpha value is -0.800. The zero-order valence-electron chi connectivity index (χ0n) is 10.2. The van der Waals surface area contributed by atoms with E-state index in [1.165, 1.54) is 25.7 Å². The third kappa shape index (κ3) is 2.47. The fourth-order valence-corrected chi connectivity index (χ4v) is 3.76. The summed E-state index contributed by atoms with van der Waals surface area (Å²) in [5.41, 5.74) is 0.875. The molecule has 0 spiro atoms. The lowest BCUT2D eigenvalue weighted by Gasteiger charge is -2.24. The van der Waals surface area contributed by atoms with Gasteiger partial charge in [-0.15, -0.1) is 0 Å². The Bertz CT molecular complexity index is 463. The van der Waals surface area contributed by atoms with Crippen molar-refractivity contribution in [3.63, 3.8) is 0 Å². The normalized spacial score (nSPS) is 29.3. The van der Waals surface area contributed by atoms with E-state index >= 15 is 0 Å². The molecule has 0 radical (unpaired) electrons. The molecule has 18 heavy (non-hydrogen) atoms. The topological polar surface area (TPSA) is 24.1 Å². The quantitative estimate of drug-likeness (QED) is 0.806. The standard InChI is InChI=1S/C14H17ClN2S/c15-11-3-1-2-4-12(11)16-14(18)17-13-8-9-5-6-10(13)7-9/h1-4,9-10,13H,5-8H2,(H2,16,17,18)/t9-,10-,13-/m1/s1. The van der Waals surface area contributed by atoms with Gasteiger partial charge in [0.25, 0.3) is 0 Å². The van der Waals surface area contributed by atoms with Crippen LogP contribution in [0.4, 0.5) is 5.69 Å². The second kappa shape index (κ2) is 5.06. The monoisotopic (exact) mass is 280 g/mol. The summed E-state index contributed by atoms with van der Waals surface area (Å²) in [5, 5.41) is 8.03. The Morgan fingerprint density at radius 3 is 2.72 bits per heavy atom. The van der Waals surface area contributed by atoms with Crippen LogP contribution < -0.4 is 10.6 Å². The van der Waals surface area contributed by atoms with Gasteiger partial charge in [-0.3, -0.25) is 0 Å². The van der Waals surface area contributed by atoms with Crippen molar-refractivity contribution in [3.05, 3.63) is 29.3 Å². The van der Waals surface area contributed by atoms with Crippen LogP contribution in [0.1, 0.15) is 25.7 Å². The van der Waals surface area contributed by atoms with Gasteiger partial charge < -0.3 is 10.6 Å². The Labute approximate surface area is 118 Å². The molecule has 3 atom stereocenters. The molecule has 2 aliphatic carbocycles. The summed E-state index contributed by atoms with van der Waals surface area (Å²) in [6.45, 7) is 0. The molecule has 2 aliphatic rings. The van der Waals surface area contributed by atoms with Crippen molar-refractivity contribution in [3.8, 4) is 0 Å². The molecule has 2 bridgehead atoms. The van der Waals surface area contributed by atoms with Gasteiger partial charge in [0.15, 0.2) is 5.11 Å². The molecule has 0 unspecified atom stereocenters. The third-order valence-corrected chi connectivity index (χ3v) is 4.73. The summed E-state index contributed by atoms with van der Waals surface area (Å²) in [6.07, 6.45) is 5.42. The Balaban J connectivity index is 1.58. The number of para-hydroxylation sites is 1. The molecule has 0 aromatic heterocycles. The van der Waals surface area contributed by atoms with E-state index in [1.807, 2.05) is 24.3 Å². The largest absolute Gasteiger partial charge is 0.359 e. The van der Waals surface area contributed by atoms with Crippen LogP contribution in [0, 0.1) is 11.8 Å². The molecular weight excluding hydrogens is 264 g/mol. The van der Waals surface area contributed by atoms with Crippen molar-refractivity contribution < 1.29 is 0 Å². The van der Waals surface area contributed by atoms with Crippen LogP contribution in [0.25, 0.3) is 0 Å². The number of rotatable bonds is 2. The van der Waals surface area contributed by atoms with E-state index in [4.69, 9.17) is 23.8 Å². The minimum atomic E-state index is 0.561. The number of thiocarbonyl (C=S) groups is 1. The van der Waals surface area contributed by atoms with Gasteiger partial charge >= 0.3 is 0 Å². The summed E-state index contributed by atoms with van der Waals surface area (Å²) in [5.74, 6) is 1.75. The van der Waals surface area contributed by atoms with Crippen molar-refractivity contribution in [1.82, 2.24) is 5.32 Å². The number of halogens is 1. The molecule has 0 saturated heterocycles. The molecule has 96 valence electrons. The van der Waals surface area contributed by atoms with Gasteiger partial charge in [0.05, 0.1) is 10.7 Å². The van der Waals surface area contributed by atoms with Crippen LogP contribution in [-0.4, -0.2) is 11.2 Å². The van der Waals surface area contributed by atoms with Crippen molar-refractivity contribution in [2.45, 2.75) is 31.7 Å². The van der Waals surface area contributed by atoms with Gasteiger partial charge in [-0.25, -0.2) is 0 Å². The maximum Gasteiger partial charge on any atom is 0.171 e. The summed E-state index contributed by atoms with van der Waals surface area (Å²) in [7, 11) is 0. The average Bonchev–Trinajstić information content (AvgIpc) is 2.94. The number of fused-ring (bicyclic) bond motifs is 2. The predicted octanol–water partition coefficient (Wildman–Crippen LogP) is 3.82. The van der Waals surface area contributed by atoms with Crippen LogP contribution in [0.3, 0.4) is 0 Å². The lowest BCUT2D eigenvalue weighted by Crippen LogP contribution is -2.40. The van der Waals surface area contributed by atoms with Crippen molar-refractivity contribution in [2.24, 2.45) is 11.8 Å². The highest BCUT2D eigenvalue weighted by Gasteiger charge is 2.39. The first-order chi connectivity index (χ1) is 8.72. The average molecular weight is 281 g/mol. The van der Waals surface area contributed by atoms with Crippen LogP contribution in [0.5, 0.6) is 0 Å². The molecule has 2 fully saturated rings. The summed E-state index contributed by atoms with van der Waals surface area (Å²) < 4.78 is 0. The maximum atomic E-state index is 6.10. The van der Waals surface area contributed by atoms with Gasteiger partial charge in [-0.2, -0.15) is 0 Å². The maximum absolute atomic E-state index is 6.10. The van der Waals surface area contributed by atoms with E-state index in [0.717, 1.165) is 17.5 Å². The molecule has 0 heterocycles. The fraction of sp³-hybridized carbons (Fsp3) is 0.500. The van der Waals surface area contributed by atoms with Crippen LogP contribution in [0.2, 0.25) is 5.02 Å². The zero-order valence-corrected chi connectivity index (χ0v) is 11.7. The molecular formula is C14H17ClN2S. The molecule has 1 aromatic rings. The second-order valence-corrected chi connectivity index (χ2v) is 6.18. The SMILES string of the molecule is S=C(Nc1ccccc1Cl)N[C@@H]1C[C@@H]2CC[C@@H]1C2. The highest BCUT2D eigenvalue weighted by atomic mass is 35.5. The Kier molecular flexibility index (Phi) is 3.44. The van der Waals surface area contributed by atoms with Gasteiger partial charge in [0.2, 0.25) is 0 Å². The Morgan fingerprint density at radius 1 is 1.22 bits per heavy atom. The fourth-order valence-electron chi connectivity index (χ4n) is 3.31. The van der Waals surface area contributed by atoms with Crippen LogP contribution in [-0.2, 0) is 0 Å². The number of anilines is 1. The first-order valence-corrected chi connectivity index (χ1v) is 7.33. The lowest BCUT2D eigenvalue weighted by molar-refractivity contribution is 0.392. The highest BCUT2D eigenvalue weighted by molar-refractivity contribution is 7.80. The number of benzene rings is 1. The first kappa shape index (κ1) is 12.2. The molecule has 0 amide bonds. The summed E-state index contributed by atoms with van der Waals surface area (Å²) in [4.78, 5) is 0. The second-order valence-electron chi connectivity index (χ2n) is 5.36. The minimum Gasteiger partial charge on any atom is -0.359 e. The zero-order chi connectivity index (χ0) is 12.5. The molecule has 3 rings (SSSR count). The van der Waals surface area contributed by atoms with Gasteiger partial charge in [-0.1, -0.05) is 30.2 Å². The first-order valence-electron chi connectivity index (χ1n) is 6.54. The number of hydrogen-bond acceptors (Lipinski definition) is 1. The lowest BCUT2D eigenvalue weighted by atomic mass is 9.96. The van der Waals surface area contributed by atoms with Gasteiger partial charge in [0, 0.05) is 6.04 Å². The highest BCUT2D eigenvalue weighted by Crippen LogP contribution is 2.44. The van der Waals surface area contributed by atoms with Crippen molar-refractivity contribution in [1.29, 1.82) is 0 Å². The smallest absolute Gasteiger partial charge is 0.171 e. The van der Waals surface area contributed by atoms with E-state index < -0.39 is 0 Å². The molecule has 4 heteroatoms. The van der Waals surface area contributed by atoms with E-state index in [2.05, 4.69) is 10.6 Å². The van der Waals surface area contributed by atoms with E-state index in [1.54, 1.807) is 0 Å². The third-order valence-electron chi connectivity index (χ3n) is 4.18. The number of hydrogen-bond donors (Lipinski definition) is 2. The molecule has 2 N–H and O–H groups in total.